The molecule has 0 saturated heterocycles. The van der Waals surface area contributed by atoms with Crippen LogP contribution in [0, 0.1) is 5.92 Å². The fourth-order valence-corrected chi connectivity index (χ4v) is 3.64. The maximum atomic E-state index is 12.7. The monoisotopic (exact) mass is 367 g/mol. The molecule has 1 N–H and O–H groups in total. The van der Waals surface area contributed by atoms with E-state index < -0.39 is 5.54 Å². The lowest BCUT2D eigenvalue weighted by Crippen LogP contribution is -2.56. The van der Waals surface area contributed by atoms with E-state index in [9.17, 15) is 9.59 Å². The van der Waals surface area contributed by atoms with E-state index >= 15 is 0 Å². The number of benzene rings is 2. The van der Waals surface area contributed by atoms with E-state index in [-0.39, 0.29) is 17.6 Å². The summed E-state index contributed by atoms with van der Waals surface area (Å²) in [5.41, 5.74) is 1.08. The Bertz CT molecular complexity index is 793. The van der Waals surface area contributed by atoms with Crippen molar-refractivity contribution in [3.63, 3.8) is 0 Å². The van der Waals surface area contributed by atoms with Crippen molar-refractivity contribution >= 4 is 23.3 Å². The van der Waals surface area contributed by atoms with Crippen LogP contribution in [0.15, 0.2) is 67.3 Å². The topological polar surface area (TPSA) is 46.2 Å². The lowest BCUT2D eigenvalue weighted by atomic mass is 9.62. The summed E-state index contributed by atoms with van der Waals surface area (Å²) in [7, 11) is 0. The van der Waals surface area contributed by atoms with Crippen molar-refractivity contribution in [2.75, 3.05) is 0 Å². The molecule has 1 aliphatic rings. The van der Waals surface area contributed by atoms with Crippen LogP contribution in [0.25, 0.3) is 0 Å². The molecule has 1 fully saturated rings. The van der Waals surface area contributed by atoms with E-state index in [1.165, 1.54) is 0 Å². The molecular formula is C22H22ClNO2. The third kappa shape index (κ3) is 3.88. The van der Waals surface area contributed by atoms with Crippen LogP contribution >= 0.6 is 11.6 Å². The normalized spacial score (nSPS) is 21.5. The third-order valence-corrected chi connectivity index (χ3v) is 5.28. The van der Waals surface area contributed by atoms with E-state index in [0.29, 0.717) is 36.3 Å². The molecule has 1 saturated carbocycles. The van der Waals surface area contributed by atoms with Crippen LogP contribution in [0.1, 0.15) is 41.6 Å². The zero-order valence-electron chi connectivity index (χ0n) is 14.6. The van der Waals surface area contributed by atoms with Gasteiger partial charge in [-0.2, -0.15) is 0 Å². The SMILES string of the molecule is C=CCCC(=O)C1CC(NC(=O)c2ccccc2)(c2ccc(Cl)cc2)C1. The molecule has 0 aromatic heterocycles. The molecule has 0 unspecified atom stereocenters. The molecule has 0 bridgehead atoms. The highest BCUT2D eigenvalue weighted by molar-refractivity contribution is 6.30. The Morgan fingerprint density at radius 2 is 1.77 bits per heavy atom. The van der Waals surface area contributed by atoms with Crippen LogP contribution in [0.3, 0.4) is 0 Å². The van der Waals surface area contributed by atoms with Crippen molar-refractivity contribution in [2.45, 2.75) is 31.2 Å². The van der Waals surface area contributed by atoms with Crippen molar-refractivity contribution in [1.82, 2.24) is 5.32 Å². The van der Waals surface area contributed by atoms with E-state index in [0.717, 1.165) is 5.56 Å². The van der Waals surface area contributed by atoms with Gasteiger partial charge >= 0.3 is 0 Å². The van der Waals surface area contributed by atoms with Gasteiger partial charge in [-0.3, -0.25) is 9.59 Å². The summed E-state index contributed by atoms with van der Waals surface area (Å²) in [5.74, 6) is 0.0858. The molecule has 0 atom stereocenters. The first-order valence-electron chi connectivity index (χ1n) is 8.81. The fourth-order valence-electron chi connectivity index (χ4n) is 3.52. The molecule has 0 radical (unpaired) electrons. The molecule has 1 aliphatic carbocycles. The predicted molar refractivity (Wildman–Crippen MR) is 104 cm³/mol. The van der Waals surface area contributed by atoms with Gasteiger partial charge in [0, 0.05) is 22.9 Å². The summed E-state index contributed by atoms with van der Waals surface area (Å²) >= 11 is 6.01. The predicted octanol–water partition coefficient (Wildman–Crippen LogP) is 4.91. The van der Waals surface area contributed by atoms with Crippen LogP contribution in [0.4, 0.5) is 0 Å². The molecule has 134 valence electrons. The van der Waals surface area contributed by atoms with Crippen molar-refractivity contribution < 1.29 is 9.59 Å². The van der Waals surface area contributed by atoms with Crippen LogP contribution in [0.5, 0.6) is 0 Å². The minimum Gasteiger partial charge on any atom is -0.342 e. The highest BCUT2D eigenvalue weighted by atomic mass is 35.5. The molecule has 2 aromatic carbocycles. The molecule has 26 heavy (non-hydrogen) atoms. The first-order chi connectivity index (χ1) is 12.5. The summed E-state index contributed by atoms with van der Waals surface area (Å²) < 4.78 is 0. The standard InChI is InChI=1S/C22H22ClNO2/c1-2-3-9-20(25)17-14-22(15-17,18-10-12-19(23)13-11-18)24-21(26)16-7-5-4-6-8-16/h2,4-8,10-13,17H,1,3,9,14-15H2,(H,24,26). The first kappa shape index (κ1) is 18.4. The number of rotatable bonds is 7. The number of amides is 1. The quantitative estimate of drug-likeness (QED) is 0.706. The number of hydrogen-bond acceptors (Lipinski definition) is 2. The molecule has 3 nitrogen and oxygen atoms in total. The van der Waals surface area contributed by atoms with Crippen LogP contribution in [-0.2, 0) is 10.3 Å². The molecule has 2 aromatic rings. The Morgan fingerprint density at radius 3 is 2.38 bits per heavy atom. The van der Waals surface area contributed by atoms with Crippen LogP contribution < -0.4 is 5.32 Å². The Hall–Kier alpha value is -2.39. The van der Waals surface area contributed by atoms with E-state index in [4.69, 9.17) is 11.6 Å². The van der Waals surface area contributed by atoms with E-state index in [1.54, 1.807) is 18.2 Å². The number of nitrogens with one attached hydrogen (secondary N) is 1. The zero-order valence-corrected chi connectivity index (χ0v) is 15.3. The van der Waals surface area contributed by atoms with Crippen LogP contribution in [-0.4, -0.2) is 11.7 Å². The van der Waals surface area contributed by atoms with Gasteiger partial charge in [-0.25, -0.2) is 0 Å². The molecule has 4 heteroatoms. The lowest BCUT2D eigenvalue weighted by Gasteiger charge is -2.48. The second kappa shape index (κ2) is 7.88. The summed E-state index contributed by atoms with van der Waals surface area (Å²) in [6.45, 7) is 3.67. The Morgan fingerprint density at radius 1 is 1.12 bits per heavy atom. The molecule has 0 spiro atoms. The lowest BCUT2D eigenvalue weighted by molar-refractivity contribution is -0.128. The van der Waals surface area contributed by atoms with E-state index in [1.807, 2.05) is 42.5 Å². The molecule has 0 aliphatic heterocycles. The van der Waals surface area contributed by atoms with Gasteiger partial charge in [-0.15, -0.1) is 6.58 Å². The Kier molecular flexibility index (Phi) is 5.58. The first-order valence-corrected chi connectivity index (χ1v) is 9.19. The second-order valence-corrected chi connectivity index (χ2v) is 7.24. The highest BCUT2D eigenvalue weighted by Gasteiger charge is 2.49. The summed E-state index contributed by atoms with van der Waals surface area (Å²) in [6, 6.07) is 16.6. The van der Waals surface area contributed by atoms with Crippen LogP contribution in [0.2, 0.25) is 5.02 Å². The fraction of sp³-hybridized carbons (Fsp3) is 0.273. The molecule has 3 rings (SSSR count). The summed E-state index contributed by atoms with van der Waals surface area (Å²) in [4.78, 5) is 25.0. The molecule has 0 heterocycles. The second-order valence-electron chi connectivity index (χ2n) is 6.81. The highest BCUT2D eigenvalue weighted by Crippen LogP contribution is 2.47. The number of hydrogen-bond donors (Lipinski definition) is 1. The molecule has 1 amide bonds. The number of carbonyl (C=O) groups is 2. The third-order valence-electron chi connectivity index (χ3n) is 5.03. The maximum absolute atomic E-state index is 12.7. The van der Waals surface area contributed by atoms with Gasteiger partial charge in [0.15, 0.2) is 0 Å². The average molecular weight is 368 g/mol. The smallest absolute Gasteiger partial charge is 0.251 e. The number of halogens is 1. The van der Waals surface area contributed by atoms with Gasteiger partial charge < -0.3 is 5.32 Å². The zero-order chi connectivity index (χ0) is 18.6. The van der Waals surface area contributed by atoms with Gasteiger partial charge in [0.25, 0.3) is 5.91 Å². The number of ketones is 1. The maximum Gasteiger partial charge on any atom is 0.251 e. The number of allylic oxidation sites excluding steroid dienone is 1. The van der Waals surface area contributed by atoms with Gasteiger partial charge in [0.05, 0.1) is 5.54 Å². The Balaban J connectivity index is 1.80. The minimum atomic E-state index is -0.522. The number of Topliss-reactive ketones (excluding diaryl/α,β-unsaturated/α-hetero) is 1. The Labute approximate surface area is 159 Å². The minimum absolute atomic E-state index is 0.0262. The number of carbonyl (C=O) groups excluding carboxylic acids is 2. The largest absolute Gasteiger partial charge is 0.342 e. The van der Waals surface area contributed by atoms with E-state index in [2.05, 4.69) is 11.9 Å². The van der Waals surface area contributed by atoms with Crippen molar-refractivity contribution in [2.24, 2.45) is 5.92 Å². The van der Waals surface area contributed by atoms with Gasteiger partial charge in [0.2, 0.25) is 0 Å². The van der Waals surface area contributed by atoms with Crippen molar-refractivity contribution in [3.05, 3.63) is 83.4 Å². The average Bonchev–Trinajstić information content (AvgIpc) is 2.63. The molecular weight excluding hydrogens is 346 g/mol. The van der Waals surface area contributed by atoms with Crippen molar-refractivity contribution in [1.29, 1.82) is 0 Å². The summed E-state index contributed by atoms with van der Waals surface area (Å²) in [5, 5.41) is 3.82. The van der Waals surface area contributed by atoms with Gasteiger partial charge in [0.1, 0.15) is 5.78 Å². The van der Waals surface area contributed by atoms with Crippen molar-refractivity contribution in [3.8, 4) is 0 Å². The van der Waals surface area contributed by atoms with Gasteiger partial charge in [-0.1, -0.05) is 48.0 Å². The van der Waals surface area contributed by atoms with Gasteiger partial charge in [-0.05, 0) is 49.1 Å². The summed E-state index contributed by atoms with van der Waals surface area (Å²) in [6.07, 6.45) is 4.20.